The van der Waals surface area contributed by atoms with E-state index in [9.17, 15) is 0 Å². The fourth-order valence-electron chi connectivity index (χ4n) is 4.10. The van der Waals surface area contributed by atoms with E-state index in [2.05, 4.69) is 53.2 Å². The van der Waals surface area contributed by atoms with Crippen LogP contribution in [0.1, 0.15) is 36.8 Å². The van der Waals surface area contributed by atoms with E-state index in [0.717, 1.165) is 56.3 Å². The highest BCUT2D eigenvalue weighted by Crippen LogP contribution is 2.27. The first-order chi connectivity index (χ1) is 15.2. The topological polar surface area (TPSA) is 34.2 Å². The van der Waals surface area contributed by atoms with Crippen molar-refractivity contribution in [3.05, 3.63) is 53.6 Å². The Morgan fingerprint density at radius 1 is 0.871 bits per heavy atom. The van der Waals surface area contributed by atoms with Gasteiger partial charge in [-0.1, -0.05) is 24.6 Å². The number of hydrogen-bond acceptors (Lipinski definition) is 5. The number of benzene rings is 2. The van der Waals surface area contributed by atoms with Gasteiger partial charge in [0.1, 0.15) is 5.75 Å². The molecule has 0 spiro atoms. The van der Waals surface area contributed by atoms with Crippen molar-refractivity contribution in [1.29, 1.82) is 0 Å². The van der Waals surface area contributed by atoms with Crippen LogP contribution in [0.5, 0.6) is 17.2 Å². The number of hydrogen-bond donors (Lipinski definition) is 0. The van der Waals surface area contributed by atoms with Gasteiger partial charge in [0.05, 0.1) is 20.8 Å². The molecule has 31 heavy (non-hydrogen) atoms. The number of piperidine rings is 1. The van der Waals surface area contributed by atoms with Crippen molar-refractivity contribution in [2.45, 2.75) is 38.6 Å². The minimum Gasteiger partial charge on any atom is -0.494 e. The Morgan fingerprint density at radius 2 is 1.58 bits per heavy atom. The van der Waals surface area contributed by atoms with Gasteiger partial charge in [-0.25, -0.2) is 0 Å². The monoisotopic (exact) mass is 426 g/mol. The van der Waals surface area contributed by atoms with Gasteiger partial charge in [0.15, 0.2) is 11.5 Å². The lowest BCUT2D eigenvalue weighted by molar-refractivity contribution is 0.205. The largest absolute Gasteiger partial charge is 0.494 e. The number of nitrogens with zero attached hydrogens (tertiary/aromatic N) is 2. The Bertz CT molecular complexity index is 773. The Kier molecular flexibility index (Phi) is 9.50. The van der Waals surface area contributed by atoms with Gasteiger partial charge in [0.25, 0.3) is 0 Å². The lowest BCUT2D eigenvalue weighted by atomic mass is 10.1. The smallest absolute Gasteiger partial charge is 0.160 e. The van der Waals surface area contributed by atoms with E-state index in [-0.39, 0.29) is 0 Å². The normalized spacial score (nSPS) is 14.6. The molecular weight excluding hydrogens is 388 g/mol. The standard InChI is InChI=1S/C26H38N2O3/c1-27(18-14-22-10-13-25(29-2)26(20-22)30-3)21-23-8-11-24(12-9-23)31-19-7-17-28-15-5-4-6-16-28/h8-13,20H,4-7,14-19,21H2,1-3H3. The van der Waals surface area contributed by atoms with Crippen molar-refractivity contribution in [2.75, 3.05) is 54.1 Å². The summed E-state index contributed by atoms with van der Waals surface area (Å²) in [6.07, 6.45) is 6.16. The van der Waals surface area contributed by atoms with E-state index in [1.807, 2.05) is 6.07 Å². The van der Waals surface area contributed by atoms with Crippen LogP contribution in [0.4, 0.5) is 0 Å². The van der Waals surface area contributed by atoms with Crippen molar-refractivity contribution in [1.82, 2.24) is 9.80 Å². The fraction of sp³-hybridized carbons (Fsp3) is 0.538. The summed E-state index contributed by atoms with van der Waals surface area (Å²) < 4.78 is 16.7. The van der Waals surface area contributed by atoms with E-state index >= 15 is 0 Å². The molecule has 0 unspecified atom stereocenters. The Balaban J connectivity index is 1.36. The molecule has 0 atom stereocenters. The molecule has 1 saturated heterocycles. The maximum absolute atomic E-state index is 5.94. The Morgan fingerprint density at radius 3 is 2.29 bits per heavy atom. The van der Waals surface area contributed by atoms with Gasteiger partial charge in [0, 0.05) is 19.6 Å². The first kappa shape index (κ1) is 23.4. The second kappa shape index (κ2) is 12.6. The van der Waals surface area contributed by atoms with Gasteiger partial charge in [-0.3, -0.25) is 0 Å². The Labute approximate surface area is 187 Å². The van der Waals surface area contributed by atoms with Crippen LogP contribution in [-0.4, -0.2) is 63.9 Å². The van der Waals surface area contributed by atoms with Gasteiger partial charge in [-0.05, 0) is 81.2 Å². The maximum atomic E-state index is 5.94. The number of likely N-dealkylation sites (tertiary alicyclic amines) is 1. The van der Waals surface area contributed by atoms with Crippen LogP contribution in [0.25, 0.3) is 0 Å². The Hall–Kier alpha value is -2.24. The van der Waals surface area contributed by atoms with E-state index in [1.165, 1.54) is 43.5 Å². The zero-order chi connectivity index (χ0) is 21.9. The zero-order valence-corrected chi connectivity index (χ0v) is 19.4. The summed E-state index contributed by atoms with van der Waals surface area (Å²) in [7, 11) is 5.50. The van der Waals surface area contributed by atoms with E-state index in [1.54, 1.807) is 14.2 Å². The number of methoxy groups -OCH3 is 2. The van der Waals surface area contributed by atoms with Gasteiger partial charge >= 0.3 is 0 Å². The van der Waals surface area contributed by atoms with E-state index in [4.69, 9.17) is 14.2 Å². The summed E-state index contributed by atoms with van der Waals surface area (Å²) in [5.74, 6) is 2.53. The highest BCUT2D eigenvalue weighted by molar-refractivity contribution is 5.43. The molecule has 0 saturated carbocycles. The lowest BCUT2D eigenvalue weighted by Gasteiger charge is -2.26. The van der Waals surface area contributed by atoms with Crippen LogP contribution in [-0.2, 0) is 13.0 Å². The summed E-state index contributed by atoms with van der Waals surface area (Å²) in [6, 6.07) is 14.7. The van der Waals surface area contributed by atoms with Gasteiger partial charge in [0.2, 0.25) is 0 Å². The van der Waals surface area contributed by atoms with E-state index < -0.39 is 0 Å². The molecular formula is C26H38N2O3. The summed E-state index contributed by atoms with van der Waals surface area (Å²) in [5, 5.41) is 0. The van der Waals surface area contributed by atoms with Crippen molar-refractivity contribution in [3.63, 3.8) is 0 Å². The minimum atomic E-state index is 0.772. The molecule has 0 N–H and O–H groups in total. The number of ether oxygens (including phenoxy) is 3. The van der Waals surface area contributed by atoms with Gasteiger partial charge < -0.3 is 24.0 Å². The zero-order valence-electron chi connectivity index (χ0n) is 19.4. The first-order valence-electron chi connectivity index (χ1n) is 11.5. The van der Waals surface area contributed by atoms with Crippen LogP contribution in [0.15, 0.2) is 42.5 Å². The average molecular weight is 427 g/mol. The molecule has 170 valence electrons. The highest BCUT2D eigenvalue weighted by Gasteiger charge is 2.09. The van der Waals surface area contributed by atoms with Crippen LogP contribution < -0.4 is 14.2 Å². The highest BCUT2D eigenvalue weighted by atomic mass is 16.5. The van der Waals surface area contributed by atoms with E-state index in [0.29, 0.717) is 0 Å². The minimum absolute atomic E-state index is 0.772. The van der Waals surface area contributed by atoms with Gasteiger partial charge in [-0.15, -0.1) is 0 Å². The summed E-state index contributed by atoms with van der Waals surface area (Å²) in [5.41, 5.74) is 2.55. The van der Waals surface area contributed by atoms with Crippen molar-refractivity contribution < 1.29 is 14.2 Å². The van der Waals surface area contributed by atoms with Crippen molar-refractivity contribution in [3.8, 4) is 17.2 Å². The molecule has 2 aromatic rings. The molecule has 5 heteroatoms. The molecule has 0 amide bonds. The maximum Gasteiger partial charge on any atom is 0.160 e. The molecule has 1 heterocycles. The fourth-order valence-corrected chi connectivity index (χ4v) is 4.10. The SMILES string of the molecule is COc1ccc(CCN(C)Cc2ccc(OCCCN3CCCCC3)cc2)cc1OC. The predicted octanol–water partition coefficient (Wildman–Crippen LogP) is 4.63. The van der Waals surface area contributed by atoms with Crippen LogP contribution in [0.2, 0.25) is 0 Å². The summed E-state index contributed by atoms with van der Waals surface area (Å²) in [6.45, 7) is 6.36. The molecule has 2 aromatic carbocycles. The molecule has 1 aliphatic heterocycles. The lowest BCUT2D eigenvalue weighted by Crippen LogP contribution is -2.31. The predicted molar refractivity (Wildman–Crippen MR) is 126 cm³/mol. The third kappa shape index (κ3) is 7.75. The molecule has 3 rings (SSSR count). The molecule has 5 nitrogen and oxygen atoms in total. The first-order valence-corrected chi connectivity index (χ1v) is 11.5. The number of rotatable bonds is 12. The second-order valence-electron chi connectivity index (χ2n) is 8.43. The van der Waals surface area contributed by atoms with Crippen molar-refractivity contribution >= 4 is 0 Å². The third-order valence-corrected chi connectivity index (χ3v) is 5.94. The third-order valence-electron chi connectivity index (χ3n) is 5.94. The molecule has 0 aliphatic carbocycles. The van der Waals surface area contributed by atoms with Crippen LogP contribution >= 0.6 is 0 Å². The number of likely N-dealkylation sites (N-methyl/N-ethyl adjacent to an activating group) is 1. The van der Waals surface area contributed by atoms with Crippen molar-refractivity contribution in [2.24, 2.45) is 0 Å². The summed E-state index contributed by atoms with van der Waals surface area (Å²) in [4.78, 5) is 4.90. The second-order valence-corrected chi connectivity index (χ2v) is 8.43. The van der Waals surface area contributed by atoms with Crippen LogP contribution in [0.3, 0.4) is 0 Å². The molecule has 0 aromatic heterocycles. The summed E-state index contributed by atoms with van der Waals surface area (Å²) >= 11 is 0. The molecule has 1 fully saturated rings. The average Bonchev–Trinajstić information content (AvgIpc) is 2.82. The molecule has 0 radical (unpaired) electrons. The molecule has 0 bridgehead atoms. The van der Waals surface area contributed by atoms with Gasteiger partial charge in [-0.2, -0.15) is 0 Å². The van der Waals surface area contributed by atoms with Crippen LogP contribution in [0, 0.1) is 0 Å². The quantitative estimate of drug-likeness (QED) is 0.462. The molecule has 1 aliphatic rings.